The summed E-state index contributed by atoms with van der Waals surface area (Å²) in [6.45, 7) is 0. The maximum atomic E-state index is 11.2. The van der Waals surface area contributed by atoms with Crippen LogP contribution in [0.25, 0.3) is 0 Å². The summed E-state index contributed by atoms with van der Waals surface area (Å²) < 4.78 is 0. The van der Waals surface area contributed by atoms with Gasteiger partial charge in [0.1, 0.15) is 0 Å². The molecular weight excluding hydrogens is 178 g/mol. The van der Waals surface area contributed by atoms with Gasteiger partial charge in [-0.25, -0.2) is 5.43 Å². The Balaban J connectivity index is 1.97. The van der Waals surface area contributed by atoms with Crippen molar-refractivity contribution in [1.29, 1.82) is 0 Å². The van der Waals surface area contributed by atoms with Crippen LogP contribution in [0.4, 0.5) is 0 Å². The van der Waals surface area contributed by atoms with Crippen LogP contribution in [-0.2, 0) is 4.79 Å². The molecular formula is C10H9N3O. The number of carbonyl (C=O) groups is 1. The van der Waals surface area contributed by atoms with E-state index in [0.29, 0.717) is 5.92 Å². The van der Waals surface area contributed by atoms with Gasteiger partial charge >= 0.3 is 0 Å². The van der Waals surface area contributed by atoms with Gasteiger partial charge in [-0.2, -0.15) is 5.10 Å². The largest absolute Gasteiger partial charge is 0.273 e. The fourth-order valence-corrected chi connectivity index (χ4v) is 1.86. The summed E-state index contributed by atoms with van der Waals surface area (Å²) in [5, 5.41) is 4.08. The Labute approximate surface area is 81.0 Å². The Morgan fingerprint density at radius 1 is 1.43 bits per heavy atom. The zero-order chi connectivity index (χ0) is 9.54. The molecule has 0 spiro atoms. The molecule has 1 aliphatic heterocycles. The van der Waals surface area contributed by atoms with Crippen LogP contribution in [0.1, 0.15) is 12.0 Å². The van der Waals surface area contributed by atoms with Crippen molar-refractivity contribution >= 4 is 11.6 Å². The third-order valence-corrected chi connectivity index (χ3v) is 2.72. The fourth-order valence-electron chi connectivity index (χ4n) is 1.86. The van der Waals surface area contributed by atoms with E-state index in [9.17, 15) is 4.79 Å². The number of nitrogens with one attached hydrogen (secondary N) is 1. The third-order valence-electron chi connectivity index (χ3n) is 2.72. The van der Waals surface area contributed by atoms with Gasteiger partial charge in [0.05, 0.1) is 5.71 Å². The Bertz CT molecular complexity index is 413. The molecule has 0 saturated heterocycles. The highest BCUT2D eigenvalue weighted by Crippen LogP contribution is 2.43. The minimum atomic E-state index is 0.0580. The van der Waals surface area contributed by atoms with Gasteiger partial charge < -0.3 is 0 Å². The predicted molar refractivity (Wildman–Crippen MR) is 50.5 cm³/mol. The minimum Gasteiger partial charge on any atom is -0.273 e. The molecule has 0 aromatic carbocycles. The molecule has 2 heterocycles. The molecule has 1 aromatic rings. The molecule has 0 unspecified atom stereocenters. The Hall–Kier alpha value is -1.71. The summed E-state index contributed by atoms with van der Waals surface area (Å²) in [5.74, 6) is 0.540. The highest BCUT2D eigenvalue weighted by atomic mass is 16.2. The maximum absolute atomic E-state index is 11.2. The van der Waals surface area contributed by atoms with Crippen LogP contribution in [-0.4, -0.2) is 16.6 Å². The third kappa shape index (κ3) is 1.04. The van der Waals surface area contributed by atoms with Crippen molar-refractivity contribution in [3.63, 3.8) is 0 Å². The molecule has 1 fully saturated rings. The van der Waals surface area contributed by atoms with E-state index < -0.39 is 0 Å². The molecule has 1 saturated carbocycles. The van der Waals surface area contributed by atoms with E-state index in [1.165, 1.54) is 0 Å². The molecule has 0 bridgehead atoms. The van der Waals surface area contributed by atoms with Gasteiger partial charge in [-0.05, 0) is 18.6 Å². The zero-order valence-corrected chi connectivity index (χ0v) is 7.47. The molecule has 4 heteroatoms. The van der Waals surface area contributed by atoms with E-state index in [2.05, 4.69) is 15.5 Å². The number of hydrazone groups is 1. The number of carbonyl (C=O) groups excluding carboxylic acids is 1. The zero-order valence-electron chi connectivity index (χ0n) is 7.47. The first-order chi connectivity index (χ1) is 6.86. The van der Waals surface area contributed by atoms with Crippen LogP contribution < -0.4 is 5.43 Å². The summed E-state index contributed by atoms with van der Waals surface area (Å²) in [6, 6.07) is 3.85. The standard InChI is InChI=1S/C10H9N3O/c14-10-8-4-7(8)9(12-13-10)6-2-1-3-11-5-6/h1-3,5,7-8H,4H2,(H,13,14)/t7-,8-/m1/s1. The lowest BCUT2D eigenvalue weighted by Gasteiger charge is -2.10. The van der Waals surface area contributed by atoms with E-state index in [0.717, 1.165) is 17.7 Å². The average Bonchev–Trinajstić information content (AvgIpc) is 3.00. The molecule has 1 amide bonds. The predicted octanol–water partition coefficient (Wildman–Crippen LogP) is 0.552. The average molecular weight is 187 g/mol. The number of amides is 1. The first-order valence-corrected chi connectivity index (χ1v) is 4.64. The highest BCUT2D eigenvalue weighted by Gasteiger charge is 2.49. The van der Waals surface area contributed by atoms with Crippen LogP contribution in [0.3, 0.4) is 0 Å². The van der Waals surface area contributed by atoms with E-state index >= 15 is 0 Å². The molecule has 1 aliphatic carbocycles. The molecule has 14 heavy (non-hydrogen) atoms. The second-order valence-electron chi connectivity index (χ2n) is 3.66. The monoisotopic (exact) mass is 187 g/mol. The van der Waals surface area contributed by atoms with Gasteiger partial charge in [0.2, 0.25) is 5.91 Å². The topological polar surface area (TPSA) is 54.4 Å². The second-order valence-corrected chi connectivity index (χ2v) is 3.66. The molecule has 3 rings (SSSR count). The number of hydrogen-bond donors (Lipinski definition) is 1. The smallest absolute Gasteiger partial charge is 0.243 e. The minimum absolute atomic E-state index is 0.0580. The van der Waals surface area contributed by atoms with Crippen molar-refractivity contribution in [3.05, 3.63) is 30.1 Å². The molecule has 1 N–H and O–H groups in total. The number of aromatic nitrogens is 1. The Morgan fingerprint density at radius 2 is 2.36 bits per heavy atom. The highest BCUT2D eigenvalue weighted by molar-refractivity contribution is 6.09. The van der Waals surface area contributed by atoms with E-state index in [4.69, 9.17) is 0 Å². The summed E-state index contributed by atoms with van der Waals surface area (Å²) in [6.07, 6.45) is 4.45. The van der Waals surface area contributed by atoms with E-state index in [-0.39, 0.29) is 11.8 Å². The Kier molecular flexibility index (Phi) is 1.45. The molecule has 2 aliphatic rings. The van der Waals surface area contributed by atoms with E-state index in [1.54, 1.807) is 12.4 Å². The summed E-state index contributed by atoms with van der Waals surface area (Å²) >= 11 is 0. The van der Waals surface area contributed by atoms with Gasteiger partial charge in [0.25, 0.3) is 0 Å². The SMILES string of the molecule is O=C1NN=C(c2cccnc2)[C@@H]2C[C@@H]12. The summed E-state index contributed by atoms with van der Waals surface area (Å²) in [5.41, 5.74) is 4.53. The van der Waals surface area contributed by atoms with Crippen molar-refractivity contribution in [1.82, 2.24) is 10.4 Å². The number of nitrogens with zero attached hydrogens (tertiary/aromatic N) is 2. The lowest BCUT2D eigenvalue weighted by atomic mass is 10.1. The lowest BCUT2D eigenvalue weighted by Crippen LogP contribution is -2.28. The van der Waals surface area contributed by atoms with Crippen LogP contribution in [0, 0.1) is 11.8 Å². The Morgan fingerprint density at radius 3 is 3.14 bits per heavy atom. The molecule has 1 aromatic heterocycles. The first kappa shape index (κ1) is 7.67. The summed E-state index contributed by atoms with van der Waals surface area (Å²) in [7, 11) is 0. The number of hydrogen-bond acceptors (Lipinski definition) is 3. The number of pyridine rings is 1. The second kappa shape index (κ2) is 2.64. The van der Waals surface area contributed by atoms with Crippen LogP contribution in [0.15, 0.2) is 29.6 Å². The quantitative estimate of drug-likeness (QED) is 0.698. The molecule has 4 nitrogen and oxygen atoms in total. The number of rotatable bonds is 1. The molecule has 70 valence electrons. The van der Waals surface area contributed by atoms with Crippen LogP contribution in [0.5, 0.6) is 0 Å². The summed E-state index contributed by atoms with van der Waals surface area (Å²) in [4.78, 5) is 15.2. The van der Waals surface area contributed by atoms with Gasteiger partial charge in [-0.3, -0.25) is 9.78 Å². The van der Waals surface area contributed by atoms with Crippen LogP contribution in [0.2, 0.25) is 0 Å². The van der Waals surface area contributed by atoms with Gasteiger partial charge in [-0.1, -0.05) is 0 Å². The fraction of sp³-hybridized carbons (Fsp3) is 0.300. The molecule has 2 atom stereocenters. The van der Waals surface area contributed by atoms with Gasteiger partial charge in [0.15, 0.2) is 0 Å². The van der Waals surface area contributed by atoms with Crippen molar-refractivity contribution < 1.29 is 4.79 Å². The van der Waals surface area contributed by atoms with Gasteiger partial charge in [0, 0.05) is 29.8 Å². The molecule has 0 radical (unpaired) electrons. The van der Waals surface area contributed by atoms with Gasteiger partial charge in [-0.15, -0.1) is 0 Å². The van der Waals surface area contributed by atoms with Crippen molar-refractivity contribution in [3.8, 4) is 0 Å². The number of fused-ring (bicyclic) bond motifs is 1. The van der Waals surface area contributed by atoms with Crippen molar-refractivity contribution in [2.45, 2.75) is 6.42 Å². The van der Waals surface area contributed by atoms with Crippen molar-refractivity contribution in [2.75, 3.05) is 0 Å². The maximum Gasteiger partial charge on any atom is 0.243 e. The van der Waals surface area contributed by atoms with Crippen molar-refractivity contribution in [2.24, 2.45) is 16.9 Å². The lowest BCUT2D eigenvalue weighted by molar-refractivity contribution is -0.122. The van der Waals surface area contributed by atoms with Crippen LogP contribution >= 0.6 is 0 Å². The normalized spacial score (nSPS) is 28.9. The van der Waals surface area contributed by atoms with E-state index in [1.807, 2.05) is 12.1 Å². The first-order valence-electron chi connectivity index (χ1n) is 4.64.